The number of carbonyl (C=O) groups excluding carboxylic acids is 1. The molecule has 0 saturated carbocycles. The van der Waals surface area contributed by atoms with E-state index in [2.05, 4.69) is 27.4 Å². The maximum atomic E-state index is 11.2. The summed E-state index contributed by atoms with van der Waals surface area (Å²) in [6, 6.07) is 0.802. The average Bonchev–Trinajstić information content (AvgIpc) is 2.41. The number of hydrogen-bond acceptors (Lipinski definition) is 5. The van der Waals surface area contributed by atoms with Crippen LogP contribution >= 0.6 is 0 Å². The van der Waals surface area contributed by atoms with Gasteiger partial charge in [-0.1, -0.05) is 6.58 Å². The molecule has 1 saturated heterocycles. The van der Waals surface area contributed by atoms with Gasteiger partial charge in [-0.2, -0.15) is 0 Å². The van der Waals surface area contributed by atoms with E-state index in [0.717, 1.165) is 31.7 Å². The number of rotatable bonds is 9. The molecule has 0 aliphatic carbocycles. The lowest BCUT2D eigenvalue weighted by atomic mass is 10.0. The number of hydrogen-bond donors (Lipinski definition) is 0. The van der Waals surface area contributed by atoms with E-state index in [1.165, 1.54) is 6.08 Å². The number of esters is 1. The zero-order valence-corrected chi connectivity index (χ0v) is 16.2. The van der Waals surface area contributed by atoms with E-state index in [-0.39, 0.29) is 23.8 Å². The van der Waals surface area contributed by atoms with E-state index < -0.39 is 8.80 Å². The molecule has 0 aromatic carbocycles. The van der Waals surface area contributed by atoms with Gasteiger partial charge in [0.25, 0.3) is 0 Å². The van der Waals surface area contributed by atoms with Crippen molar-refractivity contribution < 1.29 is 22.8 Å². The molecule has 0 spiro atoms. The lowest BCUT2D eigenvalue weighted by molar-refractivity contribution is -0.142. The molecule has 134 valence electrons. The highest BCUT2D eigenvalue weighted by Gasteiger charge is 2.50. The fraction of sp³-hybridized carbons (Fsp3) is 0.824. The second-order valence-corrected chi connectivity index (χ2v) is 9.40. The Balaban J connectivity index is 2.47. The third-order valence-corrected chi connectivity index (χ3v) is 7.10. The van der Waals surface area contributed by atoms with Crippen molar-refractivity contribution >= 4 is 14.8 Å². The number of carbonyl (C=O) groups is 1. The summed E-state index contributed by atoms with van der Waals surface area (Å²) in [4.78, 5) is 11.2. The summed E-state index contributed by atoms with van der Waals surface area (Å²) in [6.45, 7) is 14.2. The Morgan fingerprint density at radius 3 is 2.74 bits per heavy atom. The smallest absolute Gasteiger partial charge is 0.460 e. The predicted octanol–water partition coefficient (Wildman–Crippen LogP) is 3.85. The van der Waals surface area contributed by atoms with Crippen LogP contribution in [0.1, 0.15) is 60.3 Å². The summed E-state index contributed by atoms with van der Waals surface area (Å²) in [5.74, 6) is -0.368. The molecule has 23 heavy (non-hydrogen) atoms. The van der Waals surface area contributed by atoms with Crippen molar-refractivity contribution in [3.8, 4) is 0 Å². The fourth-order valence-corrected chi connectivity index (χ4v) is 6.36. The van der Waals surface area contributed by atoms with Crippen molar-refractivity contribution in [1.82, 2.24) is 0 Å². The van der Waals surface area contributed by atoms with Crippen molar-refractivity contribution in [2.24, 2.45) is 0 Å². The van der Waals surface area contributed by atoms with Gasteiger partial charge < -0.3 is 18.0 Å². The summed E-state index contributed by atoms with van der Waals surface area (Å²) >= 11 is 0. The second kappa shape index (κ2) is 8.96. The summed E-state index contributed by atoms with van der Waals surface area (Å²) in [7, 11) is -2.62. The molecule has 3 atom stereocenters. The second-order valence-electron chi connectivity index (χ2n) is 6.81. The molecule has 0 amide bonds. The van der Waals surface area contributed by atoms with Gasteiger partial charge >= 0.3 is 14.8 Å². The van der Waals surface area contributed by atoms with Gasteiger partial charge in [0.05, 0.1) is 11.7 Å². The van der Waals surface area contributed by atoms with E-state index >= 15 is 0 Å². The van der Waals surface area contributed by atoms with Crippen LogP contribution in [0.25, 0.3) is 0 Å². The highest BCUT2D eigenvalue weighted by atomic mass is 28.4. The van der Waals surface area contributed by atoms with Gasteiger partial charge in [0.15, 0.2) is 0 Å². The van der Waals surface area contributed by atoms with Crippen molar-refractivity contribution in [3.63, 3.8) is 0 Å². The summed E-state index contributed by atoms with van der Waals surface area (Å²) in [5.41, 5.74) is -0.203. The zero-order chi connectivity index (χ0) is 17.5. The van der Waals surface area contributed by atoms with E-state index in [1.54, 1.807) is 0 Å². The van der Waals surface area contributed by atoms with Gasteiger partial charge in [-0.3, -0.25) is 0 Å². The van der Waals surface area contributed by atoms with Crippen molar-refractivity contribution in [2.45, 2.75) is 84.2 Å². The summed E-state index contributed by atoms with van der Waals surface area (Å²) in [5, 5.41) is 0. The third-order valence-electron chi connectivity index (χ3n) is 3.78. The first-order valence-electron chi connectivity index (χ1n) is 8.57. The topological polar surface area (TPSA) is 54.0 Å². The zero-order valence-electron chi connectivity index (χ0n) is 15.2. The van der Waals surface area contributed by atoms with Crippen molar-refractivity contribution in [2.75, 3.05) is 6.61 Å². The molecule has 0 N–H and O–H groups in total. The van der Waals surface area contributed by atoms with Crippen LogP contribution in [0.2, 0.25) is 6.04 Å². The van der Waals surface area contributed by atoms with Gasteiger partial charge in [-0.15, -0.1) is 0 Å². The molecular weight excluding hydrogens is 312 g/mol. The van der Waals surface area contributed by atoms with E-state index in [0.29, 0.717) is 6.61 Å². The normalized spacial score (nSPS) is 28.1. The van der Waals surface area contributed by atoms with Crippen LogP contribution < -0.4 is 0 Å². The quantitative estimate of drug-likeness (QED) is 0.275. The summed E-state index contributed by atoms with van der Waals surface area (Å²) in [6.07, 6.45) is 4.82. The lowest BCUT2D eigenvalue weighted by Gasteiger charge is -2.45. The van der Waals surface area contributed by atoms with Crippen LogP contribution in [0.5, 0.6) is 0 Å². The SMILES string of the molecule is C=CC(=O)OC(C)CCCC[Si]1(OCC)OC(C)CC(C)(C)O1. The fourth-order valence-electron chi connectivity index (χ4n) is 3.07. The highest BCUT2D eigenvalue weighted by Crippen LogP contribution is 2.35. The molecule has 0 bridgehead atoms. The molecule has 3 unspecified atom stereocenters. The van der Waals surface area contributed by atoms with Gasteiger partial charge in [0, 0.05) is 24.8 Å². The Morgan fingerprint density at radius 2 is 2.17 bits per heavy atom. The van der Waals surface area contributed by atoms with Gasteiger partial charge in [0.1, 0.15) is 0 Å². The Hall–Kier alpha value is -0.693. The molecule has 1 fully saturated rings. The maximum Gasteiger partial charge on any atom is 0.501 e. The minimum absolute atomic E-state index is 0.103. The Bertz CT molecular complexity index is 398. The molecule has 0 aromatic heterocycles. The monoisotopic (exact) mass is 344 g/mol. The number of ether oxygens (including phenoxy) is 1. The van der Waals surface area contributed by atoms with Gasteiger partial charge in [-0.05, 0) is 60.3 Å². The molecule has 5 nitrogen and oxygen atoms in total. The first-order chi connectivity index (χ1) is 10.7. The van der Waals surface area contributed by atoms with Crippen LogP contribution in [-0.4, -0.2) is 39.2 Å². The Kier molecular flexibility index (Phi) is 7.93. The minimum Gasteiger partial charge on any atom is -0.460 e. The van der Waals surface area contributed by atoms with Crippen LogP contribution in [-0.2, 0) is 22.8 Å². The lowest BCUT2D eigenvalue weighted by Crippen LogP contribution is -2.58. The first kappa shape index (κ1) is 20.4. The Morgan fingerprint density at radius 1 is 1.48 bits per heavy atom. The largest absolute Gasteiger partial charge is 0.501 e. The molecule has 1 aliphatic heterocycles. The molecule has 1 aliphatic rings. The van der Waals surface area contributed by atoms with Gasteiger partial charge in [-0.25, -0.2) is 4.79 Å². The predicted molar refractivity (Wildman–Crippen MR) is 92.1 cm³/mol. The minimum atomic E-state index is -2.62. The van der Waals surface area contributed by atoms with E-state index in [4.69, 9.17) is 18.0 Å². The molecule has 1 rings (SSSR count). The maximum absolute atomic E-state index is 11.2. The highest BCUT2D eigenvalue weighted by molar-refractivity contribution is 6.61. The average molecular weight is 345 g/mol. The van der Waals surface area contributed by atoms with Gasteiger partial charge in [0.2, 0.25) is 0 Å². The molecule has 6 heteroatoms. The standard InChI is InChI=1S/C17H32O5Si/c1-7-16(18)20-14(3)11-9-10-12-23(19-8-2)21-15(4)13-17(5,6)22-23/h7,14-15H,1,8-13H2,2-6H3. The molecule has 1 heterocycles. The van der Waals surface area contributed by atoms with Crippen LogP contribution in [0.4, 0.5) is 0 Å². The van der Waals surface area contributed by atoms with Crippen molar-refractivity contribution in [1.29, 1.82) is 0 Å². The number of unbranched alkanes of at least 4 members (excludes halogenated alkanes) is 1. The Labute approximate surface area is 141 Å². The van der Waals surface area contributed by atoms with Crippen LogP contribution in [0, 0.1) is 0 Å². The molecule has 0 aromatic rings. The first-order valence-corrected chi connectivity index (χ1v) is 10.5. The van der Waals surface area contributed by atoms with Crippen molar-refractivity contribution in [3.05, 3.63) is 12.7 Å². The molecular formula is C17H32O5Si. The third kappa shape index (κ3) is 7.16. The van der Waals surface area contributed by atoms with Crippen LogP contribution in [0.3, 0.4) is 0 Å². The van der Waals surface area contributed by atoms with E-state index in [9.17, 15) is 4.79 Å². The molecule has 0 radical (unpaired) electrons. The van der Waals surface area contributed by atoms with Crippen LogP contribution in [0.15, 0.2) is 12.7 Å². The summed E-state index contributed by atoms with van der Waals surface area (Å²) < 4.78 is 23.5. The van der Waals surface area contributed by atoms with E-state index in [1.807, 2.05) is 13.8 Å².